The number of rotatable bonds is 5. The third-order valence-corrected chi connectivity index (χ3v) is 3.63. The fourth-order valence-corrected chi connectivity index (χ4v) is 2.37. The zero-order valence-corrected chi connectivity index (χ0v) is 13.3. The predicted molar refractivity (Wildman–Crippen MR) is 88.6 cm³/mol. The molecule has 3 rings (SSSR count). The van der Waals surface area contributed by atoms with Crippen LogP contribution in [0.25, 0.3) is 5.65 Å². The van der Waals surface area contributed by atoms with Crippen LogP contribution in [0.3, 0.4) is 0 Å². The van der Waals surface area contributed by atoms with E-state index in [1.807, 2.05) is 28.9 Å². The maximum absolute atomic E-state index is 4.58. The average molecular weight is 346 g/mol. The summed E-state index contributed by atoms with van der Waals surface area (Å²) in [7, 11) is 0. The first-order valence-electron chi connectivity index (χ1n) is 6.82. The van der Waals surface area contributed by atoms with Crippen molar-refractivity contribution in [3.05, 3.63) is 52.9 Å². The van der Waals surface area contributed by atoms with E-state index in [-0.39, 0.29) is 0 Å². The van der Waals surface area contributed by atoms with Crippen molar-refractivity contribution in [1.29, 1.82) is 0 Å². The molecule has 0 fully saturated rings. The Morgan fingerprint density at radius 3 is 2.76 bits per heavy atom. The lowest BCUT2D eigenvalue weighted by atomic mass is 10.2. The fourth-order valence-electron chi connectivity index (χ4n) is 2.10. The molecule has 0 saturated carbocycles. The summed E-state index contributed by atoms with van der Waals surface area (Å²) >= 11 is 3.44. The predicted octanol–water partition coefficient (Wildman–Crippen LogP) is 3.54. The van der Waals surface area contributed by atoms with E-state index in [1.165, 1.54) is 5.56 Å². The van der Waals surface area contributed by atoms with Gasteiger partial charge in [0.05, 0.1) is 6.20 Å². The minimum absolute atomic E-state index is 0.707. The van der Waals surface area contributed by atoms with Crippen molar-refractivity contribution in [1.82, 2.24) is 14.4 Å². The first kappa shape index (κ1) is 13.9. The SMILES string of the molecule is CCNc1cn2ccnc2c(NCc2ccc(Br)cc2)n1. The van der Waals surface area contributed by atoms with Crippen LogP contribution in [-0.2, 0) is 6.54 Å². The number of imidazole rings is 1. The Bertz CT molecular complexity index is 735. The second kappa shape index (κ2) is 6.13. The van der Waals surface area contributed by atoms with Crippen LogP contribution >= 0.6 is 15.9 Å². The van der Waals surface area contributed by atoms with Gasteiger partial charge in [-0.2, -0.15) is 0 Å². The topological polar surface area (TPSA) is 54.2 Å². The molecule has 0 aliphatic carbocycles. The molecule has 2 N–H and O–H groups in total. The van der Waals surface area contributed by atoms with E-state index < -0.39 is 0 Å². The molecular weight excluding hydrogens is 330 g/mol. The first-order valence-corrected chi connectivity index (χ1v) is 7.61. The molecule has 0 spiro atoms. The number of nitrogens with one attached hydrogen (secondary N) is 2. The van der Waals surface area contributed by atoms with E-state index in [9.17, 15) is 0 Å². The minimum atomic E-state index is 0.707. The Morgan fingerprint density at radius 1 is 1.19 bits per heavy atom. The molecule has 0 unspecified atom stereocenters. The lowest BCUT2D eigenvalue weighted by Crippen LogP contribution is -2.07. The number of aromatic nitrogens is 3. The Balaban J connectivity index is 1.84. The van der Waals surface area contributed by atoms with Gasteiger partial charge in [0.1, 0.15) is 5.82 Å². The van der Waals surface area contributed by atoms with Gasteiger partial charge in [0.25, 0.3) is 0 Å². The Kier molecular flexibility index (Phi) is 4.06. The van der Waals surface area contributed by atoms with Gasteiger partial charge in [0.15, 0.2) is 11.5 Å². The zero-order valence-electron chi connectivity index (χ0n) is 11.7. The van der Waals surface area contributed by atoms with Crippen molar-refractivity contribution in [2.45, 2.75) is 13.5 Å². The van der Waals surface area contributed by atoms with Gasteiger partial charge in [0, 0.05) is 30.0 Å². The van der Waals surface area contributed by atoms with Crippen LogP contribution in [0, 0.1) is 0 Å². The standard InChI is InChI=1S/C15H16BrN5/c1-2-17-13-10-21-8-7-18-15(21)14(20-13)19-9-11-3-5-12(16)6-4-11/h3-8,10,17H,2,9H2,1H3,(H,19,20). The highest BCUT2D eigenvalue weighted by Gasteiger charge is 2.07. The molecule has 6 heteroatoms. The summed E-state index contributed by atoms with van der Waals surface area (Å²) in [5.74, 6) is 1.61. The van der Waals surface area contributed by atoms with Crippen LogP contribution in [0.5, 0.6) is 0 Å². The number of fused-ring (bicyclic) bond motifs is 1. The molecule has 1 aromatic carbocycles. The maximum atomic E-state index is 4.58. The molecule has 0 radical (unpaired) electrons. The molecule has 0 aliphatic heterocycles. The molecule has 0 aliphatic rings. The molecular formula is C15H16BrN5. The summed E-state index contributed by atoms with van der Waals surface area (Å²) in [5, 5.41) is 6.59. The third kappa shape index (κ3) is 3.16. The van der Waals surface area contributed by atoms with Crippen LogP contribution in [0.15, 0.2) is 47.3 Å². The van der Waals surface area contributed by atoms with E-state index in [4.69, 9.17) is 0 Å². The number of hydrogen-bond donors (Lipinski definition) is 2. The zero-order chi connectivity index (χ0) is 14.7. The largest absolute Gasteiger partial charge is 0.369 e. The number of hydrogen-bond acceptors (Lipinski definition) is 4. The molecule has 0 atom stereocenters. The van der Waals surface area contributed by atoms with Gasteiger partial charge < -0.3 is 15.0 Å². The molecule has 21 heavy (non-hydrogen) atoms. The fraction of sp³-hybridized carbons (Fsp3) is 0.200. The maximum Gasteiger partial charge on any atom is 0.180 e. The quantitative estimate of drug-likeness (QED) is 0.742. The third-order valence-electron chi connectivity index (χ3n) is 3.11. The highest BCUT2D eigenvalue weighted by molar-refractivity contribution is 9.10. The van der Waals surface area contributed by atoms with Crippen molar-refractivity contribution in [2.24, 2.45) is 0 Å². The van der Waals surface area contributed by atoms with Crippen molar-refractivity contribution in [3.8, 4) is 0 Å². The highest BCUT2D eigenvalue weighted by Crippen LogP contribution is 2.18. The van der Waals surface area contributed by atoms with Crippen LogP contribution in [0.4, 0.5) is 11.6 Å². The Morgan fingerprint density at radius 2 is 2.00 bits per heavy atom. The number of nitrogens with zero attached hydrogens (tertiary/aromatic N) is 3. The van der Waals surface area contributed by atoms with Crippen LogP contribution in [0.1, 0.15) is 12.5 Å². The van der Waals surface area contributed by atoms with Gasteiger partial charge in [0.2, 0.25) is 0 Å². The first-order chi connectivity index (χ1) is 10.3. The molecule has 2 heterocycles. The number of halogens is 1. The van der Waals surface area contributed by atoms with Crippen molar-refractivity contribution in [3.63, 3.8) is 0 Å². The average Bonchev–Trinajstić information content (AvgIpc) is 2.95. The summed E-state index contributed by atoms with van der Waals surface area (Å²) in [6.07, 6.45) is 5.64. The molecule has 0 amide bonds. The number of anilines is 2. The lowest BCUT2D eigenvalue weighted by Gasteiger charge is -2.10. The summed E-state index contributed by atoms with van der Waals surface area (Å²) in [5.41, 5.74) is 2.02. The van der Waals surface area contributed by atoms with Crippen molar-refractivity contribution >= 4 is 33.2 Å². The second-order valence-corrected chi connectivity index (χ2v) is 5.56. The van der Waals surface area contributed by atoms with Crippen LogP contribution in [-0.4, -0.2) is 20.9 Å². The van der Waals surface area contributed by atoms with E-state index >= 15 is 0 Å². The van der Waals surface area contributed by atoms with Gasteiger partial charge in [-0.15, -0.1) is 0 Å². The van der Waals surface area contributed by atoms with E-state index in [0.717, 1.165) is 28.3 Å². The van der Waals surface area contributed by atoms with Crippen LogP contribution < -0.4 is 10.6 Å². The molecule has 3 aromatic rings. The van der Waals surface area contributed by atoms with Crippen LogP contribution in [0.2, 0.25) is 0 Å². The minimum Gasteiger partial charge on any atom is -0.369 e. The Hall–Kier alpha value is -2.08. The van der Waals surface area contributed by atoms with Gasteiger partial charge >= 0.3 is 0 Å². The molecule has 0 bridgehead atoms. The van der Waals surface area contributed by atoms with Gasteiger partial charge in [-0.1, -0.05) is 28.1 Å². The molecule has 108 valence electrons. The van der Waals surface area contributed by atoms with Gasteiger partial charge in [-0.05, 0) is 24.6 Å². The summed E-state index contributed by atoms with van der Waals surface area (Å²) in [6.45, 7) is 3.59. The summed E-state index contributed by atoms with van der Waals surface area (Å²) in [6, 6.07) is 8.22. The van der Waals surface area contributed by atoms with Crippen molar-refractivity contribution < 1.29 is 0 Å². The molecule has 5 nitrogen and oxygen atoms in total. The van der Waals surface area contributed by atoms with E-state index in [1.54, 1.807) is 6.20 Å². The van der Waals surface area contributed by atoms with Crippen molar-refractivity contribution in [2.75, 3.05) is 17.2 Å². The monoisotopic (exact) mass is 345 g/mol. The van der Waals surface area contributed by atoms with Gasteiger partial charge in [-0.25, -0.2) is 9.97 Å². The molecule has 2 aromatic heterocycles. The highest BCUT2D eigenvalue weighted by atomic mass is 79.9. The summed E-state index contributed by atoms with van der Waals surface area (Å²) in [4.78, 5) is 8.93. The second-order valence-electron chi connectivity index (χ2n) is 4.64. The number of benzene rings is 1. The van der Waals surface area contributed by atoms with E-state index in [2.05, 4.69) is 55.6 Å². The smallest absolute Gasteiger partial charge is 0.180 e. The molecule has 0 saturated heterocycles. The lowest BCUT2D eigenvalue weighted by molar-refractivity contribution is 1.05. The summed E-state index contributed by atoms with van der Waals surface area (Å²) < 4.78 is 3.05. The Labute approximate surface area is 131 Å². The van der Waals surface area contributed by atoms with E-state index in [0.29, 0.717) is 6.54 Å². The normalized spacial score (nSPS) is 10.8. The van der Waals surface area contributed by atoms with Gasteiger partial charge in [-0.3, -0.25) is 0 Å².